The molecular weight excluding hydrogens is 336 g/mol. The molecule has 2 aromatic rings. The summed E-state index contributed by atoms with van der Waals surface area (Å²) >= 11 is 5.91. The van der Waals surface area contributed by atoms with Crippen molar-refractivity contribution in [3.63, 3.8) is 0 Å². The van der Waals surface area contributed by atoms with Gasteiger partial charge in [0.15, 0.2) is 0 Å². The van der Waals surface area contributed by atoms with Crippen LogP contribution in [0.25, 0.3) is 0 Å². The molecule has 0 atom stereocenters. The van der Waals surface area contributed by atoms with E-state index in [4.69, 9.17) is 16.3 Å². The van der Waals surface area contributed by atoms with Crippen LogP contribution in [0.3, 0.4) is 0 Å². The maximum Gasteiger partial charge on any atom is 0.257 e. The lowest BCUT2D eigenvalue weighted by molar-refractivity contribution is 0.0702. The van der Waals surface area contributed by atoms with Crippen molar-refractivity contribution in [3.05, 3.63) is 64.7 Å². The third-order valence-electron chi connectivity index (χ3n) is 4.62. The molecule has 132 valence electrons. The van der Waals surface area contributed by atoms with E-state index in [0.717, 1.165) is 31.5 Å². The third-order valence-corrected chi connectivity index (χ3v) is 4.87. The van der Waals surface area contributed by atoms with Gasteiger partial charge in [-0.1, -0.05) is 35.9 Å². The van der Waals surface area contributed by atoms with Crippen molar-refractivity contribution >= 4 is 17.5 Å². The average Bonchev–Trinajstić information content (AvgIpc) is 2.67. The lowest BCUT2D eigenvalue weighted by Crippen LogP contribution is -2.44. The number of carbonyl (C=O) groups is 1. The molecule has 0 aliphatic carbocycles. The minimum absolute atomic E-state index is 0.0428. The van der Waals surface area contributed by atoms with Gasteiger partial charge in [0.05, 0.1) is 5.56 Å². The number of para-hydroxylation sites is 1. The topological polar surface area (TPSA) is 41.6 Å². The fraction of sp³-hybridized carbons (Fsp3) is 0.350. The van der Waals surface area contributed by atoms with Crippen LogP contribution in [0.1, 0.15) is 28.8 Å². The smallest absolute Gasteiger partial charge is 0.257 e. The van der Waals surface area contributed by atoms with E-state index in [1.165, 1.54) is 0 Å². The quantitative estimate of drug-likeness (QED) is 0.885. The third kappa shape index (κ3) is 4.53. The van der Waals surface area contributed by atoms with E-state index in [2.05, 4.69) is 5.32 Å². The molecule has 1 N–H and O–H groups in total. The van der Waals surface area contributed by atoms with Gasteiger partial charge in [-0.3, -0.25) is 4.79 Å². The van der Waals surface area contributed by atoms with Gasteiger partial charge >= 0.3 is 0 Å². The van der Waals surface area contributed by atoms with Crippen LogP contribution in [0.15, 0.2) is 48.5 Å². The minimum Gasteiger partial charge on any atom is -0.488 e. The van der Waals surface area contributed by atoms with E-state index in [1.807, 2.05) is 60.5 Å². The highest BCUT2D eigenvalue weighted by Crippen LogP contribution is 2.23. The van der Waals surface area contributed by atoms with Crippen molar-refractivity contribution in [2.75, 3.05) is 20.1 Å². The number of rotatable bonds is 5. The van der Waals surface area contributed by atoms with Crippen LogP contribution >= 0.6 is 11.6 Å². The number of halogens is 1. The Kier molecular flexibility index (Phi) is 5.95. The Morgan fingerprint density at radius 3 is 2.52 bits per heavy atom. The summed E-state index contributed by atoms with van der Waals surface area (Å²) in [6, 6.07) is 15.5. The summed E-state index contributed by atoms with van der Waals surface area (Å²) < 4.78 is 5.91. The molecule has 1 heterocycles. The number of ether oxygens (including phenoxy) is 1. The standard InChI is InChI=1S/C20H23ClN2O2/c1-22-17-10-12-23(13-11-17)20(24)18-4-2-3-5-19(18)25-14-15-6-8-16(21)9-7-15/h2-9,17,22H,10-14H2,1H3. The number of nitrogens with zero attached hydrogens (tertiary/aromatic N) is 1. The highest BCUT2D eigenvalue weighted by atomic mass is 35.5. The van der Waals surface area contributed by atoms with Crippen molar-refractivity contribution in [1.82, 2.24) is 10.2 Å². The van der Waals surface area contributed by atoms with Gasteiger partial charge in [-0.25, -0.2) is 0 Å². The average molecular weight is 359 g/mol. The van der Waals surface area contributed by atoms with Crippen LogP contribution < -0.4 is 10.1 Å². The first kappa shape index (κ1) is 17.8. The summed E-state index contributed by atoms with van der Waals surface area (Å²) in [7, 11) is 1.97. The zero-order valence-electron chi connectivity index (χ0n) is 14.4. The summed E-state index contributed by atoms with van der Waals surface area (Å²) in [6.07, 6.45) is 1.96. The van der Waals surface area contributed by atoms with Crippen LogP contribution in [0.2, 0.25) is 5.02 Å². The van der Waals surface area contributed by atoms with Crippen molar-refractivity contribution in [1.29, 1.82) is 0 Å². The lowest BCUT2D eigenvalue weighted by atomic mass is 10.0. The second kappa shape index (κ2) is 8.37. The van der Waals surface area contributed by atoms with Gasteiger partial charge in [-0.05, 0) is 49.7 Å². The van der Waals surface area contributed by atoms with E-state index < -0.39 is 0 Å². The Hall–Kier alpha value is -2.04. The van der Waals surface area contributed by atoms with Crippen LogP contribution in [0.4, 0.5) is 0 Å². The maximum atomic E-state index is 12.9. The Morgan fingerprint density at radius 2 is 1.84 bits per heavy atom. The number of benzene rings is 2. The summed E-state index contributed by atoms with van der Waals surface area (Å²) in [5.41, 5.74) is 1.64. The van der Waals surface area contributed by atoms with Crippen molar-refractivity contribution < 1.29 is 9.53 Å². The fourth-order valence-electron chi connectivity index (χ4n) is 3.05. The van der Waals surface area contributed by atoms with Gasteiger partial charge in [0, 0.05) is 24.2 Å². The predicted octanol–water partition coefficient (Wildman–Crippen LogP) is 3.74. The van der Waals surface area contributed by atoms with E-state index in [0.29, 0.717) is 29.0 Å². The van der Waals surface area contributed by atoms with Crippen molar-refractivity contribution in [3.8, 4) is 5.75 Å². The Balaban J connectivity index is 1.68. The normalized spacial score (nSPS) is 15.2. The number of piperidine rings is 1. The number of carbonyl (C=O) groups excluding carboxylic acids is 1. The largest absolute Gasteiger partial charge is 0.488 e. The van der Waals surface area contributed by atoms with E-state index in [9.17, 15) is 4.79 Å². The molecule has 1 amide bonds. The summed E-state index contributed by atoms with van der Waals surface area (Å²) in [4.78, 5) is 14.8. The highest BCUT2D eigenvalue weighted by molar-refractivity contribution is 6.30. The molecule has 1 aliphatic rings. The molecule has 0 radical (unpaired) electrons. The van der Waals surface area contributed by atoms with Gasteiger partial charge in [0.2, 0.25) is 0 Å². The summed E-state index contributed by atoms with van der Waals surface area (Å²) in [5.74, 6) is 0.666. The molecule has 1 aliphatic heterocycles. The minimum atomic E-state index is 0.0428. The number of hydrogen-bond donors (Lipinski definition) is 1. The first-order valence-electron chi connectivity index (χ1n) is 8.60. The fourth-order valence-corrected chi connectivity index (χ4v) is 3.18. The summed E-state index contributed by atoms with van der Waals surface area (Å²) in [6.45, 7) is 1.95. The molecule has 5 heteroatoms. The van der Waals surface area contributed by atoms with Crippen LogP contribution in [0.5, 0.6) is 5.75 Å². The zero-order chi connectivity index (χ0) is 17.6. The highest BCUT2D eigenvalue weighted by Gasteiger charge is 2.24. The monoisotopic (exact) mass is 358 g/mol. The lowest BCUT2D eigenvalue weighted by Gasteiger charge is -2.32. The van der Waals surface area contributed by atoms with Crippen molar-refractivity contribution in [2.45, 2.75) is 25.5 Å². The predicted molar refractivity (Wildman–Crippen MR) is 100 cm³/mol. The number of nitrogens with one attached hydrogen (secondary N) is 1. The van der Waals surface area contributed by atoms with Gasteiger partial charge in [0.1, 0.15) is 12.4 Å². The Labute approximate surface area is 153 Å². The summed E-state index contributed by atoms with van der Waals surface area (Å²) in [5, 5.41) is 3.98. The molecule has 1 saturated heterocycles. The molecule has 0 aromatic heterocycles. The number of amides is 1. The SMILES string of the molecule is CNC1CCN(C(=O)c2ccccc2OCc2ccc(Cl)cc2)CC1. The number of hydrogen-bond acceptors (Lipinski definition) is 3. The molecule has 0 saturated carbocycles. The molecule has 2 aromatic carbocycles. The first-order valence-corrected chi connectivity index (χ1v) is 8.98. The number of likely N-dealkylation sites (tertiary alicyclic amines) is 1. The zero-order valence-corrected chi connectivity index (χ0v) is 15.1. The molecular formula is C20H23ClN2O2. The van der Waals surface area contributed by atoms with E-state index >= 15 is 0 Å². The van der Waals surface area contributed by atoms with Gasteiger partial charge in [-0.2, -0.15) is 0 Å². The van der Waals surface area contributed by atoms with Gasteiger partial charge in [0.25, 0.3) is 5.91 Å². The Bertz CT molecular complexity index is 710. The van der Waals surface area contributed by atoms with Gasteiger partial charge in [-0.15, -0.1) is 0 Å². The van der Waals surface area contributed by atoms with E-state index in [-0.39, 0.29) is 5.91 Å². The van der Waals surface area contributed by atoms with Gasteiger partial charge < -0.3 is 15.0 Å². The molecule has 1 fully saturated rings. The Morgan fingerprint density at radius 1 is 1.16 bits per heavy atom. The molecule has 0 spiro atoms. The maximum absolute atomic E-state index is 12.9. The van der Waals surface area contributed by atoms with Crippen LogP contribution in [0, 0.1) is 0 Å². The van der Waals surface area contributed by atoms with Crippen LogP contribution in [-0.2, 0) is 6.61 Å². The molecule has 0 unspecified atom stereocenters. The molecule has 3 rings (SSSR count). The first-order chi connectivity index (χ1) is 12.2. The molecule has 25 heavy (non-hydrogen) atoms. The molecule has 4 nitrogen and oxygen atoms in total. The second-order valence-corrected chi connectivity index (χ2v) is 6.70. The van der Waals surface area contributed by atoms with E-state index in [1.54, 1.807) is 0 Å². The van der Waals surface area contributed by atoms with Crippen LogP contribution in [-0.4, -0.2) is 37.0 Å². The second-order valence-electron chi connectivity index (χ2n) is 6.27. The van der Waals surface area contributed by atoms with Crippen molar-refractivity contribution in [2.24, 2.45) is 0 Å². The molecule has 0 bridgehead atoms.